The van der Waals surface area contributed by atoms with Crippen molar-refractivity contribution in [2.75, 3.05) is 19.7 Å². The van der Waals surface area contributed by atoms with Crippen LogP contribution in [0.15, 0.2) is 0 Å². The van der Waals surface area contributed by atoms with Crippen LogP contribution in [0.1, 0.15) is 25.7 Å². The molecule has 3 fully saturated rings. The van der Waals surface area contributed by atoms with Gasteiger partial charge in [0.05, 0.1) is 6.61 Å². The lowest BCUT2D eigenvalue weighted by Crippen LogP contribution is -2.48. The van der Waals surface area contributed by atoms with E-state index < -0.39 is 0 Å². The van der Waals surface area contributed by atoms with Crippen molar-refractivity contribution in [3.05, 3.63) is 0 Å². The molecule has 2 nitrogen and oxygen atoms in total. The zero-order chi connectivity index (χ0) is 7.68. The third-order valence-corrected chi connectivity index (χ3v) is 3.21. The van der Waals surface area contributed by atoms with Crippen LogP contribution in [-0.4, -0.2) is 35.7 Å². The highest BCUT2D eigenvalue weighted by Gasteiger charge is 2.32. The molecule has 0 spiro atoms. The van der Waals surface area contributed by atoms with Gasteiger partial charge in [0, 0.05) is 19.1 Å². The van der Waals surface area contributed by atoms with Crippen molar-refractivity contribution in [3.63, 3.8) is 0 Å². The molecule has 3 rings (SSSR count). The molecule has 0 amide bonds. The molecule has 2 aliphatic heterocycles. The molecule has 2 heteroatoms. The van der Waals surface area contributed by atoms with Crippen LogP contribution in [0, 0.1) is 5.92 Å². The minimum atomic E-state index is 0.337. The van der Waals surface area contributed by atoms with E-state index in [4.69, 9.17) is 5.11 Å². The molecule has 2 heterocycles. The predicted octanol–water partition coefficient (Wildman–Crippen LogP) is 0.853. The number of piperidine rings is 2. The summed E-state index contributed by atoms with van der Waals surface area (Å²) in [6.45, 7) is 2.50. The molecule has 1 N–H and O–H groups in total. The van der Waals surface area contributed by atoms with Crippen molar-refractivity contribution < 1.29 is 5.11 Å². The van der Waals surface area contributed by atoms with Crippen molar-refractivity contribution in [3.8, 4) is 0 Å². The number of hydrogen-bond acceptors (Lipinski definition) is 2. The second-order valence-corrected chi connectivity index (χ2v) is 3.89. The van der Waals surface area contributed by atoms with E-state index in [1.165, 1.54) is 32.2 Å². The maximum Gasteiger partial charge on any atom is 0.0558 e. The second kappa shape index (κ2) is 3.11. The molecule has 0 aromatic carbocycles. The van der Waals surface area contributed by atoms with Gasteiger partial charge in [-0.25, -0.2) is 0 Å². The fraction of sp³-hybridized carbons (Fsp3) is 1.00. The maximum atomic E-state index is 8.80. The third kappa shape index (κ3) is 1.42. The van der Waals surface area contributed by atoms with Crippen LogP contribution in [0.3, 0.4) is 0 Å². The molecule has 2 bridgehead atoms. The van der Waals surface area contributed by atoms with Gasteiger partial charge in [0.25, 0.3) is 0 Å². The molecule has 2 saturated heterocycles. The fourth-order valence-electron chi connectivity index (χ4n) is 2.58. The Morgan fingerprint density at radius 3 is 2.36 bits per heavy atom. The van der Waals surface area contributed by atoms with Crippen LogP contribution >= 0.6 is 0 Å². The van der Waals surface area contributed by atoms with E-state index in [0.717, 1.165) is 18.5 Å². The van der Waals surface area contributed by atoms with Crippen molar-refractivity contribution in [1.82, 2.24) is 4.90 Å². The minimum absolute atomic E-state index is 0.337. The highest BCUT2D eigenvalue weighted by Crippen LogP contribution is 2.34. The lowest BCUT2D eigenvalue weighted by atomic mass is 9.80. The van der Waals surface area contributed by atoms with Gasteiger partial charge in [0.2, 0.25) is 0 Å². The Bertz CT molecular complexity index is 130. The van der Waals surface area contributed by atoms with Crippen LogP contribution in [-0.2, 0) is 0 Å². The Hall–Kier alpha value is -0.0800. The Labute approximate surface area is 68.2 Å². The monoisotopic (exact) mass is 155 g/mol. The topological polar surface area (TPSA) is 23.5 Å². The van der Waals surface area contributed by atoms with Crippen LogP contribution in [0.4, 0.5) is 0 Å². The molecule has 0 aromatic heterocycles. The van der Waals surface area contributed by atoms with Crippen LogP contribution in [0.25, 0.3) is 0 Å². The number of aliphatic hydroxyl groups is 1. The SMILES string of the molecule is OCCN1CC2CCC1CC2. The van der Waals surface area contributed by atoms with E-state index in [1.807, 2.05) is 0 Å². The van der Waals surface area contributed by atoms with Gasteiger partial charge in [0.15, 0.2) is 0 Å². The Kier molecular flexibility index (Phi) is 2.14. The van der Waals surface area contributed by atoms with Gasteiger partial charge in [-0.2, -0.15) is 0 Å². The van der Waals surface area contributed by atoms with Gasteiger partial charge in [-0.1, -0.05) is 0 Å². The summed E-state index contributed by atoms with van der Waals surface area (Å²) in [5.74, 6) is 0.951. The van der Waals surface area contributed by atoms with Gasteiger partial charge in [-0.05, 0) is 31.6 Å². The summed E-state index contributed by atoms with van der Waals surface area (Å²) in [6, 6.07) is 0.812. The van der Waals surface area contributed by atoms with Crippen LogP contribution < -0.4 is 0 Å². The summed E-state index contributed by atoms with van der Waals surface area (Å²) in [7, 11) is 0. The lowest BCUT2D eigenvalue weighted by Gasteiger charge is -2.45. The highest BCUT2D eigenvalue weighted by atomic mass is 16.3. The van der Waals surface area contributed by atoms with E-state index in [2.05, 4.69) is 4.90 Å². The first-order valence-electron chi connectivity index (χ1n) is 4.75. The predicted molar refractivity (Wildman–Crippen MR) is 44.4 cm³/mol. The fourth-order valence-corrected chi connectivity index (χ4v) is 2.58. The standard InChI is InChI=1S/C9H17NO/c11-6-5-10-7-8-1-3-9(10)4-2-8/h8-9,11H,1-7H2. The summed E-state index contributed by atoms with van der Waals surface area (Å²) in [5.41, 5.74) is 0. The summed E-state index contributed by atoms with van der Waals surface area (Å²) in [5, 5.41) is 8.80. The van der Waals surface area contributed by atoms with Gasteiger partial charge in [-0.3, -0.25) is 4.90 Å². The zero-order valence-electron chi connectivity index (χ0n) is 7.00. The maximum absolute atomic E-state index is 8.80. The van der Waals surface area contributed by atoms with Crippen molar-refractivity contribution in [2.24, 2.45) is 5.92 Å². The molecule has 11 heavy (non-hydrogen) atoms. The summed E-state index contributed by atoms with van der Waals surface area (Å²) in [4.78, 5) is 2.47. The molecular formula is C9H17NO. The molecule has 0 radical (unpaired) electrons. The Balaban J connectivity index is 1.92. The Morgan fingerprint density at radius 2 is 1.91 bits per heavy atom. The molecule has 0 atom stereocenters. The quantitative estimate of drug-likeness (QED) is 0.639. The average molecular weight is 155 g/mol. The smallest absolute Gasteiger partial charge is 0.0558 e. The number of hydrogen-bond donors (Lipinski definition) is 1. The molecular weight excluding hydrogens is 138 g/mol. The summed E-state index contributed by atoms with van der Waals surface area (Å²) < 4.78 is 0. The van der Waals surface area contributed by atoms with E-state index in [-0.39, 0.29) is 0 Å². The Morgan fingerprint density at radius 1 is 1.18 bits per heavy atom. The molecule has 0 aromatic rings. The van der Waals surface area contributed by atoms with Crippen LogP contribution in [0.5, 0.6) is 0 Å². The number of rotatable bonds is 2. The molecule has 3 aliphatic rings. The average Bonchev–Trinajstić information content (AvgIpc) is 2.07. The lowest BCUT2D eigenvalue weighted by molar-refractivity contribution is 0.0359. The first-order chi connectivity index (χ1) is 5.40. The van der Waals surface area contributed by atoms with Crippen molar-refractivity contribution in [2.45, 2.75) is 31.7 Å². The number of nitrogens with zero attached hydrogens (tertiary/aromatic N) is 1. The first kappa shape index (κ1) is 7.56. The van der Waals surface area contributed by atoms with Crippen molar-refractivity contribution in [1.29, 1.82) is 0 Å². The van der Waals surface area contributed by atoms with E-state index >= 15 is 0 Å². The third-order valence-electron chi connectivity index (χ3n) is 3.21. The minimum Gasteiger partial charge on any atom is -0.395 e. The van der Waals surface area contributed by atoms with E-state index in [1.54, 1.807) is 0 Å². The van der Waals surface area contributed by atoms with Crippen molar-refractivity contribution >= 4 is 0 Å². The normalized spacial score (nSPS) is 37.9. The van der Waals surface area contributed by atoms with Gasteiger partial charge in [0.1, 0.15) is 0 Å². The number of aliphatic hydroxyl groups excluding tert-OH is 1. The van der Waals surface area contributed by atoms with E-state index in [0.29, 0.717) is 6.61 Å². The molecule has 1 saturated carbocycles. The van der Waals surface area contributed by atoms with Gasteiger partial charge in [-0.15, -0.1) is 0 Å². The van der Waals surface area contributed by atoms with Crippen LogP contribution in [0.2, 0.25) is 0 Å². The van der Waals surface area contributed by atoms with Gasteiger partial charge >= 0.3 is 0 Å². The largest absolute Gasteiger partial charge is 0.395 e. The van der Waals surface area contributed by atoms with Gasteiger partial charge < -0.3 is 5.11 Å². The molecule has 1 aliphatic carbocycles. The highest BCUT2D eigenvalue weighted by molar-refractivity contribution is 4.87. The zero-order valence-corrected chi connectivity index (χ0v) is 7.00. The summed E-state index contributed by atoms with van der Waals surface area (Å²) >= 11 is 0. The van der Waals surface area contributed by atoms with E-state index in [9.17, 15) is 0 Å². The molecule has 0 unspecified atom stereocenters. The number of fused-ring (bicyclic) bond motifs is 3. The second-order valence-electron chi connectivity index (χ2n) is 3.89. The first-order valence-corrected chi connectivity index (χ1v) is 4.75. The molecule has 64 valence electrons. The summed E-state index contributed by atoms with van der Waals surface area (Å²) in [6.07, 6.45) is 5.63.